The first-order valence-corrected chi connectivity index (χ1v) is 8.60. The number of piperidine rings is 1. The molecule has 0 atom stereocenters. The third kappa shape index (κ3) is 3.61. The van der Waals surface area contributed by atoms with Gasteiger partial charge in [0, 0.05) is 37.7 Å². The maximum atomic E-state index is 11.9. The van der Waals surface area contributed by atoms with Crippen molar-refractivity contribution < 1.29 is 9.53 Å². The molecule has 0 aromatic heterocycles. The second-order valence-corrected chi connectivity index (χ2v) is 6.31. The van der Waals surface area contributed by atoms with Gasteiger partial charge in [-0.25, -0.2) is 0 Å². The lowest BCUT2D eigenvalue weighted by molar-refractivity contribution is -0.130. The molecule has 2 saturated heterocycles. The summed E-state index contributed by atoms with van der Waals surface area (Å²) in [6.07, 6.45) is 3.68. The van der Waals surface area contributed by atoms with E-state index in [1.165, 1.54) is 0 Å². The number of amides is 1. The predicted molar refractivity (Wildman–Crippen MR) is 94.7 cm³/mol. The van der Waals surface area contributed by atoms with Gasteiger partial charge in [0.15, 0.2) is 0 Å². The lowest BCUT2D eigenvalue weighted by Crippen LogP contribution is -2.44. The van der Waals surface area contributed by atoms with Gasteiger partial charge in [-0.2, -0.15) is 4.99 Å². The molecule has 1 amide bonds. The van der Waals surface area contributed by atoms with E-state index in [-0.39, 0.29) is 0 Å². The second kappa shape index (κ2) is 7.51. The fraction of sp³-hybridized carbons (Fsp3) is 0.474. The number of benzene rings is 1. The Hall–Kier alpha value is -2.30. The van der Waals surface area contributed by atoms with Gasteiger partial charge in [0.1, 0.15) is 5.82 Å². The molecule has 5 nitrogen and oxygen atoms in total. The fourth-order valence-corrected chi connectivity index (χ4v) is 3.49. The molecule has 0 saturated carbocycles. The van der Waals surface area contributed by atoms with E-state index in [4.69, 9.17) is 4.74 Å². The van der Waals surface area contributed by atoms with Crippen LogP contribution in [0, 0.1) is 0 Å². The van der Waals surface area contributed by atoms with Gasteiger partial charge in [-0.05, 0) is 31.4 Å². The normalized spacial score (nSPS) is 19.7. The van der Waals surface area contributed by atoms with Crippen LogP contribution in [0.15, 0.2) is 47.7 Å². The van der Waals surface area contributed by atoms with E-state index in [0.29, 0.717) is 24.3 Å². The van der Waals surface area contributed by atoms with Gasteiger partial charge in [0.05, 0.1) is 7.11 Å². The Balaban J connectivity index is 1.60. The lowest BCUT2D eigenvalue weighted by Gasteiger charge is -2.37. The minimum Gasteiger partial charge on any atom is -0.481 e. The van der Waals surface area contributed by atoms with E-state index in [2.05, 4.69) is 21.4 Å². The molecule has 2 aliphatic rings. The average molecular weight is 327 g/mol. The molecule has 1 aromatic rings. The molecule has 0 aliphatic carbocycles. The van der Waals surface area contributed by atoms with Crippen LogP contribution >= 0.6 is 0 Å². The van der Waals surface area contributed by atoms with Crippen LogP contribution < -0.4 is 0 Å². The summed E-state index contributed by atoms with van der Waals surface area (Å²) in [5, 5.41) is 0. The van der Waals surface area contributed by atoms with Crippen molar-refractivity contribution in [2.24, 2.45) is 4.99 Å². The average Bonchev–Trinajstić information content (AvgIpc) is 3.06. The SMILES string of the molecule is C=C(/N=C(\OC)c1ccccc1)N1CCC(N2CCCC2=O)CC1. The van der Waals surface area contributed by atoms with Crippen LogP contribution in [0.1, 0.15) is 31.2 Å². The van der Waals surface area contributed by atoms with Gasteiger partial charge < -0.3 is 14.5 Å². The van der Waals surface area contributed by atoms with Crippen LogP contribution in [0.3, 0.4) is 0 Å². The summed E-state index contributed by atoms with van der Waals surface area (Å²) in [7, 11) is 1.63. The van der Waals surface area contributed by atoms with Gasteiger partial charge in [0.25, 0.3) is 0 Å². The smallest absolute Gasteiger partial charge is 0.222 e. The summed E-state index contributed by atoms with van der Waals surface area (Å²) in [5.41, 5.74) is 0.943. The fourth-order valence-electron chi connectivity index (χ4n) is 3.49. The van der Waals surface area contributed by atoms with Crippen molar-refractivity contribution in [2.45, 2.75) is 31.7 Å². The predicted octanol–water partition coefficient (Wildman–Crippen LogP) is 2.64. The number of aliphatic imine (C=N–C) groups is 1. The van der Waals surface area contributed by atoms with E-state index in [1.807, 2.05) is 30.3 Å². The summed E-state index contributed by atoms with van der Waals surface area (Å²) in [4.78, 5) is 20.7. The third-order valence-corrected chi connectivity index (χ3v) is 4.82. The van der Waals surface area contributed by atoms with Crippen molar-refractivity contribution in [1.29, 1.82) is 0 Å². The summed E-state index contributed by atoms with van der Waals surface area (Å²) in [5.74, 6) is 1.62. The van der Waals surface area contributed by atoms with Gasteiger partial charge in [-0.15, -0.1) is 0 Å². The molecule has 2 heterocycles. The molecular weight excluding hydrogens is 302 g/mol. The zero-order valence-electron chi connectivity index (χ0n) is 14.3. The number of likely N-dealkylation sites (tertiary alicyclic amines) is 2. The van der Waals surface area contributed by atoms with E-state index >= 15 is 0 Å². The molecule has 0 bridgehead atoms. The molecule has 0 spiro atoms. The highest BCUT2D eigenvalue weighted by atomic mass is 16.5. The van der Waals surface area contributed by atoms with Gasteiger partial charge in [0.2, 0.25) is 11.8 Å². The number of carbonyl (C=O) groups is 1. The van der Waals surface area contributed by atoms with Gasteiger partial charge >= 0.3 is 0 Å². The Kier molecular flexibility index (Phi) is 5.18. The maximum absolute atomic E-state index is 11.9. The highest BCUT2D eigenvalue weighted by Gasteiger charge is 2.30. The largest absolute Gasteiger partial charge is 0.481 e. The zero-order valence-corrected chi connectivity index (χ0v) is 14.3. The van der Waals surface area contributed by atoms with Crippen molar-refractivity contribution in [3.8, 4) is 0 Å². The molecule has 1 aromatic carbocycles. The van der Waals surface area contributed by atoms with E-state index in [0.717, 1.165) is 50.3 Å². The van der Waals surface area contributed by atoms with Crippen molar-refractivity contribution in [2.75, 3.05) is 26.7 Å². The maximum Gasteiger partial charge on any atom is 0.222 e. The van der Waals surface area contributed by atoms with Crippen LogP contribution in [0.5, 0.6) is 0 Å². The molecule has 0 N–H and O–H groups in total. The van der Waals surface area contributed by atoms with Gasteiger partial charge in [-0.1, -0.05) is 24.8 Å². The highest BCUT2D eigenvalue weighted by Crippen LogP contribution is 2.24. The zero-order chi connectivity index (χ0) is 16.9. The van der Waals surface area contributed by atoms with E-state index in [9.17, 15) is 4.79 Å². The number of carbonyl (C=O) groups excluding carboxylic acids is 1. The van der Waals surface area contributed by atoms with Crippen LogP contribution in [0.25, 0.3) is 0 Å². The van der Waals surface area contributed by atoms with Gasteiger partial charge in [-0.3, -0.25) is 4.79 Å². The molecule has 2 aliphatic heterocycles. The molecule has 0 radical (unpaired) electrons. The molecule has 0 unspecified atom stereocenters. The molecule has 2 fully saturated rings. The Labute approximate surface area is 143 Å². The Morgan fingerprint density at radius 2 is 1.92 bits per heavy atom. The summed E-state index contributed by atoms with van der Waals surface area (Å²) < 4.78 is 5.42. The third-order valence-electron chi connectivity index (χ3n) is 4.82. The summed E-state index contributed by atoms with van der Waals surface area (Å²) in [6, 6.07) is 10.2. The van der Waals surface area contributed by atoms with Crippen molar-refractivity contribution in [3.05, 3.63) is 48.3 Å². The number of methoxy groups -OCH3 is 1. The number of ether oxygens (including phenoxy) is 1. The van der Waals surface area contributed by atoms with E-state index in [1.54, 1.807) is 7.11 Å². The molecule has 128 valence electrons. The Morgan fingerprint density at radius 1 is 1.21 bits per heavy atom. The van der Waals surface area contributed by atoms with Crippen LogP contribution in [-0.4, -0.2) is 54.4 Å². The van der Waals surface area contributed by atoms with Crippen molar-refractivity contribution in [1.82, 2.24) is 9.80 Å². The number of nitrogens with zero attached hydrogens (tertiary/aromatic N) is 3. The highest BCUT2D eigenvalue weighted by molar-refractivity contribution is 5.94. The molecule has 24 heavy (non-hydrogen) atoms. The number of hydrogen-bond acceptors (Lipinski definition) is 4. The standard InChI is InChI=1S/C19H25N3O2/c1-15(20-19(24-2)16-7-4-3-5-8-16)21-13-10-17(11-14-21)22-12-6-9-18(22)23/h3-5,7-8,17H,1,6,9-14H2,2H3/b20-19-. The quantitative estimate of drug-likeness (QED) is 0.631. The minimum atomic E-state index is 0.316. The first kappa shape index (κ1) is 16.6. The van der Waals surface area contributed by atoms with E-state index < -0.39 is 0 Å². The minimum absolute atomic E-state index is 0.316. The number of rotatable bonds is 4. The number of hydrogen-bond donors (Lipinski definition) is 0. The lowest BCUT2D eigenvalue weighted by atomic mass is 10.0. The van der Waals surface area contributed by atoms with Crippen molar-refractivity contribution in [3.63, 3.8) is 0 Å². The monoisotopic (exact) mass is 327 g/mol. The van der Waals surface area contributed by atoms with Crippen LogP contribution in [-0.2, 0) is 9.53 Å². The second-order valence-electron chi connectivity index (χ2n) is 6.31. The molecular formula is C19H25N3O2. The van der Waals surface area contributed by atoms with Crippen LogP contribution in [0.4, 0.5) is 0 Å². The summed E-state index contributed by atoms with van der Waals surface area (Å²) >= 11 is 0. The Bertz CT molecular complexity index is 619. The first-order valence-electron chi connectivity index (χ1n) is 8.60. The Morgan fingerprint density at radius 3 is 2.50 bits per heavy atom. The first-order chi connectivity index (χ1) is 11.7. The topological polar surface area (TPSA) is 45.1 Å². The van der Waals surface area contributed by atoms with Crippen LogP contribution in [0.2, 0.25) is 0 Å². The summed E-state index contributed by atoms with van der Waals surface area (Å²) in [6.45, 7) is 6.78. The van der Waals surface area contributed by atoms with Crippen molar-refractivity contribution >= 4 is 11.8 Å². The molecule has 5 heteroatoms. The molecule has 3 rings (SSSR count).